The highest BCUT2D eigenvalue weighted by Crippen LogP contribution is 2.26. The average molecular weight is 256 g/mol. The monoisotopic (exact) mass is 256 g/mol. The minimum Gasteiger partial charge on any atom is -0.481 e. The van der Waals surface area contributed by atoms with Crippen molar-refractivity contribution < 1.29 is 19.5 Å². The smallest absolute Gasteiger partial charge is 0.303 e. The largest absolute Gasteiger partial charge is 0.481 e. The highest BCUT2D eigenvalue weighted by atomic mass is 16.4. The second-order valence-corrected chi connectivity index (χ2v) is 5.47. The fourth-order valence-corrected chi connectivity index (χ4v) is 2.11. The highest BCUT2D eigenvalue weighted by Gasteiger charge is 2.33. The van der Waals surface area contributed by atoms with E-state index in [1.807, 2.05) is 0 Å². The Bertz CT molecular complexity index is 365. The van der Waals surface area contributed by atoms with Crippen LogP contribution in [0.1, 0.15) is 33.6 Å². The number of hydrogen-bond acceptors (Lipinski definition) is 3. The first-order chi connectivity index (χ1) is 8.23. The van der Waals surface area contributed by atoms with Gasteiger partial charge in [0, 0.05) is 19.5 Å². The molecule has 1 rings (SSSR count). The molecule has 18 heavy (non-hydrogen) atoms. The summed E-state index contributed by atoms with van der Waals surface area (Å²) in [7, 11) is 0. The molecule has 1 aliphatic heterocycles. The molecule has 0 saturated carbocycles. The van der Waals surface area contributed by atoms with Crippen molar-refractivity contribution >= 4 is 17.8 Å². The van der Waals surface area contributed by atoms with E-state index in [2.05, 4.69) is 5.32 Å². The van der Waals surface area contributed by atoms with Crippen LogP contribution in [0.3, 0.4) is 0 Å². The molecule has 0 unspecified atom stereocenters. The van der Waals surface area contributed by atoms with Crippen molar-refractivity contribution in [2.45, 2.75) is 39.7 Å². The molecule has 102 valence electrons. The van der Waals surface area contributed by atoms with Crippen LogP contribution in [-0.2, 0) is 14.4 Å². The van der Waals surface area contributed by atoms with Crippen LogP contribution in [-0.4, -0.2) is 46.9 Å². The first-order valence-electron chi connectivity index (χ1n) is 6.02. The van der Waals surface area contributed by atoms with Crippen LogP contribution in [0.4, 0.5) is 0 Å². The zero-order chi connectivity index (χ0) is 13.9. The van der Waals surface area contributed by atoms with Gasteiger partial charge >= 0.3 is 5.97 Å². The fourth-order valence-electron chi connectivity index (χ4n) is 2.11. The summed E-state index contributed by atoms with van der Waals surface area (Å²) in [5, 5.41) is 11.5. The third-order valence-corrected chi connectivity index (χ3v) is 3.08. The van der Waals surface area contributed by atoms with Crippen LogP contribution >= 0.6 is 0 Å². The molecule has 0 aromatic carbocycles. The number of hydrogen-bond donors (Lipinski definition) is 2. The molecule has 1 fully saturated rings. The van der Waals surface area contributed by atoms with E-state index >= 15 is 0 Å². The number of aliphatic carboxylic acids is 1. The lowest BCUT2D eigenvalue weighted by Gasteiger charge is -2.35. The summed E-state index contributed by atoms with van der Waals surface area (Å²) in [5.41, 5.74) is -0.601. The highest BCUT2D eigenvalue weighted by molar-refractivity contribution is 5.88. The molecule has 2 amide bonds. The van der Waals surface area contributed by atoms with E-state index in [1.54, 1.807) is 20.8 Å². The number of carbonyl (C=O) groups is 3. The molecule has 0 aromatic heterocycles. The zero-order valence-electron chi connectivity index (χ0n) is 11.0. The van der Waals surface area contributed by atoms with Crippen molar-refractivity contribution in [3.63, 3.8) is 0 Å². The van der Waals surface area contributed by atoms with E-state index in [9.17, 15) is 14.4 Å². The van der Waals surface area contributed by atoms with Crippen LogP contribution in [0.2, 0.25) is 0 Å². The number of carboxylic acid groups (broad SMARTS) is 1. The van der Waals surface area contributed by atoms with Gasteiger partial charge < -0.3 is 15.3 Å². The van der Waals surface area contributed by atoms with Crippen LogP contribution in [0.5, 0.6) is 0 Å². The maximum Gasteiger partial charge on any atom is 0.303 e. The summed E-state index contributed by atoms with van der Waals surface area (Å²) in [6.07, 6.45) is 0.0735. The second kappa shape index (κ2) is 5.37. The standard InChI is InChI=1S/C12H20N2O4/c1-8-11(18)13-4-5-14(8)9(15)6-12(2,3)7-10(16)17/h8H,4-7H2,1-3H3,(H,13,18)(H,16,17)/t8-/m0/s1. The van der Waals surface area contributed by atoms with Crippen molar-refractivity contribution in [1.29, 1.82) is 0 Å². The maximum absolute atomic E-state index is 12.1. The normalized spacial score (nSPS) is 20.5. The summed E-state index contributed by atoms with van der Waals surface area (Å²) in [6, 6.07) is -0.480. The van der Waals surface area contributed by atoms with Gasteiger partial charge in [0.25, 0.3) is 0 Å². The van der Waals surface area contributed by atoms with Crippen molar-refractivity contribution in [1.82, 2.24) is 10.2 Å². The molecule has 1 heterocycles. The minimum atomic E-state index is -0.919. The first-order valence-corrected chi connectivity index (χ1v) is 6.02. The molecule has 0 bridgehead atoms. The van der Waals surface area contributed by atoms with Crippen molar-refractivity contribution in [3.8, 4) is 0 Å². The summed E-state index contributed by atoms with van der Waals surface area (Å²) in [4.78, 5) is 35.8. The number of piperazine rings is 1. The predicted octanol–water partition coefficient (Wildman–Crippen LogP) is 0.224. The van der Waals surface area contributed by atoms with Gasteiger partial charge in [-0.15, -0.1) is 0 Å². The van der Waals surface area contributed by atoms with Crippen LogP contribution in [0.15, 0.2) is 0 Å². The molecule has 0 aromatic rings. The molecule has 0 radical (unpaired) electrons. The van der Waals surface area contributed by atoms with Crippen LogP contribution in [0.25, 0.3) is 0 Å². The van der Waals surface area contributed by atoms with E-state index in [0.29, 0.717) is 13.1 Å². The van der Waals surface area contributed by atoms with Crippen molar-refractivity contribution in [3.05, 3.63) is 0 Å². The van der Waals surface area contributed by atoms with Gasteiger partial charge in [0.05, 0.1) is 6.42 Å². The summed E-state index contributed by atoms with van der Waals surface area (Å²) in [6.45, 7) is 6.10. The van der Waals surface area contributed by atoms with Gasteiger partial charge in [-0.2, -0.15) is 0 Å². The van der Waals surface area contributed by atoms with Gasteiger partial charge in [0.2, 0.25) is 11.8 Å². The lowest BCUT2D eigenvalue weighted by molar-refractivity contribution is -0.145. The molecule has 2 N–H and O–H groups in total. The molecular formula is C12H20N2O4. The van der Waals surface area contributed by atoms with E-state index < -0.39 is 17.4 Å². The third kappa shape index (κ3) is 3.72. The fraction of sp³-hybridized carbons (Fsp3) is 0.750. The third-order valence-electron chi connectivity index (χ3n) is 3.08. The quantitative estimate of drug-likeness (QED) is 0.753. The Kier molecular flexibility index (Phi) is 4.32. The SMILES string of the molecule is C[C@H]1C(=O)NCCN1C(=O)CC(C)(C)CC(=O)O. The summed E-state index contributed by atoms with van der Waals surface area (Å²) >= 11 is 0. The Morgan fingerprint density at radius 2 is 2.06 bits per heavy atom. The van der Waals surface area contributed by atoms with Crippen LogP contribution in [0, 0.1) is 5.41 Å². The summed E-state index contributed by atoms with van der Waals surface area (Å²) in [5.74, 6) is -1.24. The lowest BCUT2D eigenvalue weighted by Crippen LogP contribution is -2.56. The number of amides is 2. The van der Waals surface area contributed by atoms with Gasteiger partial charge in [-0.05, 0) is 12.3 Å². The zero-order valence-corrected chi connectivity index (χ0v) is 11.0. The Morgan fingerprint density at radius 3 is 2.61 bits per heavy atom. The number of nitrogens with zero attached hydrogens (tertiary/aromatic N) is 1. The summed E-state index contributed by atoms with van der Waals surface area (Å²) < 4.78 is 0. The van der Waals surface area contributed by atoms with Crippen molar-refractivity contribution in [2.24, 2.45) is 5.41 Å². The minimum absolute atomic E-state index is 0.0623. The number of carboxylic acids is 1. The molecule has 1 saturated heterocycles. The topological polar surface area (TPSA) is 86.7 Å². The maximum atomic E-state index is 12.1. The van der Waals surface area contributed by atoms with Gasteiger partial charge in [-0.25, -0.2) is 0 Å². The molecule has 0 spiro atoms. The molecular weight excluding hydrogens is 236 g/mol. The molecule has 6 nitrogen and oxygen atoms in total. The van der Waals surface area contributed by atoms with Crippen LogP contribution < -0.4 is 5.32 Å². The van der Waals surface area contributed by atoms with E-state index in [1.165, 1.54) is 4.90 Å². The lowest BCUT2D eigenvalue weighted by atomic mass is 9.85. The number of carbonyl (C=O) groups excluding carboxylic acids is 2. The Balaban J connectivity index is 2.64. The number of rotatable bonds is 4. The van der Waals surface area contributed by atoms with Gasteiger partial charge in [-0.3, -0.25) is 14.4 Å². The molecule has 1 aliphatic rings. The Labute approximate surface area is 106 Å². The Morgan fingerprint density at radius 1 is 1.44 bits per heavy atom. The van der Waals surface area contributed by atoms with Crippen molar-refractivity contribution in [2.75, 3.05) is 13.1 Å². The van der Waals surface area contributed by atoms with E-state index in [0.717, 1.165) is 0 Å². The predicted molar refractivity (Wildman–Crippen MR) is 64.8 cm³/mol. The molecule has 0 aliphatic carbocycles. The second-order valence-electron chi connectivity index (χ2n) is 5.47. The van der Waals surface area contributed by atoms with Gasteiger partial charge in [-0.1, -0.05) is 13.8 Å². The van der Waals surface area contributed by atoms with Gasteiger partial charge in [0.1, 0.15) is 6.04 Å². The van der Waals surface area contributed by atoms with Gasteiger partial charge in [0.15, 0.2) is 0 Å². The average Bonchev–Trinajstić information content (AvgIpc) is 2.18. The van der Waals surface area contributed by atoms with E-state index in [-0.39, 0.29) is 24.7 Å². The molecule has 1 atom stereocenters. The number of nitrogens with one attached hydrogen (secondary N) is 1. The molecule has 6 heteroatoms. The van der Waals surface area contributed by atoms with E-state index in [4.69, 9.17) is 5.11 Å². The Hall–Kier alpha value is -1.59. The first kappa shape index (κ1) is 14.5.